The quantitative estimate of drug-likeness (QED) is 0.783. The summed E-state index contributed by atoms with van der Waals surface area (Å²) >= 11 is 0. The number of nitrogens with one attached hydrogen (secondary N) is 1. The van der Waals surface area contributed by atoms with Gasteiger partial charge in [0.15, 0.2) is 0 Å². The van der Waals surface area contributed by atoms with Gasteiger partial charge in [0.05, 0.1) is 17.7 Å². The molecule has 114 valence electrons. The Balaban J connectivity index is 2.92. The molecule has 21 heavy (non-hydrogen) atoms. The highest BCUT2D eigenvalue weighted by Crippen LogP contribution is 2.09. The van der Waals surface area contributed by atoms with Gasteiger partial charge in [-0.05, 0) is 26.1 Å². The van der Waals surface area contributed by atoms with Crippen LogP contribution in [0.1, 0.15) is 29.8 Å². The SMILES string of the molecule is CC(C)C(CN(C)C)NC(=O)c1ccncc1C#CCN. The van der Waals surface area contributed by atoms with Gasteiger partial charge in [-0.1, -0.05) is 25.7 Å². The van der Waals surface area contributed by atoms with Crippen LogP contribution in [0.5, 0.6) is 0 Å². The molecule has 0 saturated heterocycles. The van der Waals surface area contributed by atoms with Crippen LogP contribution in [0, 0.1) is 17.8 Å². The minimum Gasteiger partial charge on any atom is -0.348 e. The summed E-state index contributed by atoms with van der Waals surface area (Å²) in [5, 5.41) is 3.07. The van der Waals surface area contributed by atoms with Crippen LogP contribution < -0.4 is 11.1 Å². The number of pyridine rings is 1. The minimum absolute atomic E-state index is 0.0796. The van der Waals surface area contributed by atoms with Crippen molar-refractivity contribution in [3.8, 4) is 11.8 Å². The molecule has 1 heterocycles. The Morgan fingerprint density at radius 1 is 1.48 bits per heavy atom. The van der Waals surface area contributed by atoms with Crippen molar-refractivity contribution < 1.29 is 4.79 Å². The second kappa shape index (κ2) is 8.40. The zero-order chi connectivity index (χ0) is 15.8. The largest absolute Gasteiger partial charge is 0.348 e. The van der Waals surface area contributed by atoms with Crippen LogP contribution >= 0.6 is 0 Å². The lowest BCUT2D eigenvalue weighted by Gasteiger charge is -2.25. The predicted molar refractivity (Wildman–Crippen MR) is 84.8 cm³/mol. The second-order valence-corrected chi connectivity index (χ2v) is 5.51. The molecule has 0 spiro atoms. The number of hydrogen-bond acceptors (Lipinski definition) is 4. The average molecular weight is 288 g/mol. The first-order valence-corrected chi connectivity index (χ1v) is 7.04. The van der Waals surface area contributed by atoms with Gasteiger partial charge in [-0.25, -0.2) is 0 Å². The lowest BCUT2D eigenvalue weighted by Crippen LogP contribution is -2.45. The zero-order valence-corrected chi connectivity index (χ0v) is 13.2. The zero-order valence-electron chi connectivity index (χ0n) is 13.2. The molecule has 5 nitrogen and oxygen atoms in total. The summed E-state index contributed by atoms with van der Waals surface area (Å²) in [7, 11) is 3.98. The number of carbonyl (C=O) groups is 1. The summed E-state index contributed by atoms with van der Waals surface area (Å²) in [6.07, 6.45) is 3.19. The van der Waals surface area contributed by atoms with Crippen LogP contribution in [0.2, 0.25) is 0 Å². The molecular formula is C16H24N4O. The van der Waals surface area contributed by atoms with E-state index in [1.54, 1.807) is 18.5 Å². The molecule has 1 amide bonds. The van der Waals surface area contributed by atoms with Crippen LogP contribution in [-0.4, -0.2) is 49.0 Å². The fraction of sp³-hybridized carbons (Fsp3) is 0.500. The van der Waals surface area contributed by atoms with Crippen LogP contribution in [0.25, 0.3) is 0 Å². The van der Waals surface area contributed by atoms with Crippen molar-refractivity contribution in [2.24, 2.45) is 11.7 Å². The van der Waals surface area contributed by atoms with E-state index in [9.17, 15) is 4.79 Å². The van der Waals surface area contributed by atoms with Gasteiger partial charge in [0.2, 0.25) is 0 Å². The normalized spacial score (nSPS) is 12.0. The fourth-order valence-corrected chi connectivity index (χ4v) is 1.90. The molecule has 0 aliphatic rings. The lowest BCUT2D eigenvalue weighted by molar-refractivity contribution is 0.0916. The van der Waals surface area contributed by atoms with Gasteiger partial charge in [0, 0.05) is 25.0 Å². The predicted octanol–water partition coefficient (Wildman–Crippen LogP) is 0.708. The highest BCUT2D eigenvalue weighted by atomic mass is 16.1. The third kappa shape index (κ3) is 5.54. The molecule has 1 rings (SSSR count). The van der Waals surface area contributed by atoms with E-state index >= 15 is 0 Å². The molecule has 0 saturated carbocycles. The summed E-state index contributed by atoms with van der Waals surface area (Å²) < 4.78 is 0. The number of rotatable bonds is 5. The molecule has 1 aromatic rings. The van der Waals surface area contributed by atoms with Crippen molar-refractivity contribution in [1.82, 2.24) is 15.2 Å². The van der Waals surface area contributed by atoms with Gasteiger partial charge in [0.1, 0.15) is 0 Å². The Bertz CT molecular complexity index is 529. The van der Waals surface area contributed by atoms with E-state index in [0.717, 1.165) is 6.54 Å². The Morgan fingerprint density at radius 3 is 2.76 bits per heavy atom. The number of aromatic nitrogens is 1. The summed E-state index contributed by atoms with van der Waals surface area (Å²) in [5.74, 6) is 5.86. The molecule has 0 bridgehead atoms. The molecule has 0 radical (unpaired) electrons. The van der Waals surface area contributed by atoms with Crippen LogP contribution in [0.15, 0.2) is 18.5 Å². The molecular weight excluding hydrogens is 264 g/mol. The van der Waals surface area contributed by atoms with E-state index in [2.05, 4.69) is 40.9 Å². The van der Waals surface area contributed by atoms with Crippen molar-refractivity contribution in [2.45, 2.75) is 19.9 Å². The third-order valence-corrected chi connectivity index (χ3v) is 3.07. The highest BCUT2D eigenvalue weighted by Gasteiger charge is 2.19. The fourth-order valence-electron chi connectivity index (χ4n) is 1.90. The van der Waals surface area contributed by atoms with Crippen molar-refractivity contribution in [3.63, 3.8) is 0 Å². The van der Waals surface area contributed by atoms with E-state index in [1.807, 2.05) is 14.1 Å². The second-order valence-electron chi connectivity index (χ2n) is 5.51. The first kappa shape index (κ1) is 17.2. The number of nitrogens with zero attached hydrogens (tertiary/aromatic N) is 2. The van der Waals surface area contributed by atoms with Gasteiger partial charge < -0.3 is 16.0 Å². The third-order valence-electron chi connectivity index (χ3n) is 3.07. The maximum atomic E-state index is 12.5. The average Bonchev–Trinajstić information content (AvgIpc) is 2.44. The van der Waals surface area contributed by atoms with Crippen LogP contribution in [0.4, 0.5) is 0 Å². The van der Waals surface area contributed by atoms with E-state index in [-0.39, 0.29) is 18.5 Å². The number of nitrogens with two attached hydrogens (primary N) is 1. The summed E-state index contributed by atoms with van der Waals surface area (Å²) in [4.78, 5) is 18.5. The van der Waals surface area contributed by atoms with E-state index in [0.29, 0.717) is 17.0 Å². The van der Waals surface area contributed by atoms with E-state index in [4.69, 9.17) is 5.73 Å². The Hall–Kier alpha value is -1.90. The molecule has 0 aliphatic heterocycles. The van der Waals surface area contributed by atoms with Gasteiger partial charge in [0.25, 0.3) is 5.91 Å². The van der Waals surface area contributed by atoms with Crippen molar-refractivity contribution in [3.05, 3.63) is 29.6 Å². The topological polar surface area (TPSA) is 71.2 Å². The van der Waals surface area contributed by atoms with Crippen molar-refractivity contribution in [1.29, 1.82) is 0 Å². The first-order chi connectivity index (χ1) is 9.95. The molecule has 1 unspecified atom stereocenters. The first-order valence-electron chi connectivity index (χ1n) is 7.04. The van der Waals surface area contributed by atoms with E-state index in [1.165, 1.54) is 0 Å². The van der Waals surface area contributed by atoms with Crippen LogP contribution in [0.3, 0.4) is 0 Å². The summed E-state index contributed by atoms with van der Waals surface area (Å²) in [6, 6.07) is 1.76. The van der Waals surface area contributed by atoms with Crippen LogP contribution in [-0.2, 0) is 0 Å². The standard InChI is InChI=1S/C16H24N4O/c1-12(2)15(11-20(3)4)19-16(21)14-7-9-18-10-13(14)6-5-8-17/h7,9-10,12,15H,8,11,17H2,1-4H3,(H,19,21). The van der Waals surface area contributed by atoms with Gasteiger partial charge in [-0.15, -0.1) is 0 Å². The molecule has 1 aromatic heterocycles. The molecule has 3 N–H and O–H groups in total. The molecule has 1 atom stereocenters. The lowest BCUT2D eigenvalue weighted by atomic mass is 10.0. The van der Waals surface area contributed by atoms with Gasteiger partial charge in [-0.2, -0.15) is 0 Å². The molecule has 0 aliphatic carbocycles. The number of amides is 1. The summed E-state index contributed by atoms with van der Waals surface area (Å²) in [6.45, 7) is 5.23. The minimum atomic E-state index is -0.126. The van der Waals surface area contributed by atoms with Crippen molar-refractivity contribution >= 4 is 5.91 Å². The van der Waals surface area contributed by atoms with Crippen molar-refractivity contribution in [2.75, 3.05) is 27.2 Å². The summed E-state index contributed by atoms with van der Waals surface area (Å²) in [5.41, 5.74) is 6.52. The molecule has 0 aromatic carbocycles. The molecule has 5 heteroatoms. The number of hydrogen-bond donors (Lipinski definition) is 2. The number of likely N-dealkylation sites (N-methyl/N-ethyl adjacent to an activating group) is 1. The maximum absolute atomic E-state index is 12.5. The van der Waals surface area contributed by atoms with Gasteiger partial charge >= 0.3 is 0 Å². The number of carbonyl (C=O) groups excluding carboxylic acids is 1. The molecule has 0 fully saturated rings. The smallest absolute Gasteiger partial charge is 0.252 e. The maximum Gasteiger partial charge on any atom is 0.252 e. The van der Waals surface area contributed by atoms with E-state index < -0.39 is 0 Å². The highest BCUT2D eigenvalue weighted by molar-refractivity contribution is 5.96. The Labute approximate surface area is 126 Å². The Morgan fingerprint density at radius 2 is 2.19 bits per heavy atom. The monoisotopic (exact) mass is 288 g/mol. The van der Waals surface area contributed by atoms with Gasteiger partial charge in [-0.3, -0.25) is 9.78 Å². The Kier molecular flexibility index (Phi) is 6.86.